The molecule has 0 aliphatic carbocycles. The molecule has 0 rings (SSSR count). The highest BCUT2D eigenvalue weighted by molar-refractivity contribution is 5.69. The van der Waals surface area contributed by atoms with Crippen LogP contribution < -0.4 is 0 Å². The Kier molecular flexibility index (Phi) is 33.0. The van der Waals surface area contributed by atoms with Crippen LogP contribution in [0.15, 0.2) is 12.2 Å². The van der Waals surface area contributed by atoms with Gasteiger partial charge in [-0.1, -0.05) is 184 Å². The van der Waals surface area contributed by atoms with E-state index in [2.05, 4.69) is 100 Å². The first kappa shape index (κ1) is 51.2. The van der Waals surface area contributed by atoms with Crippen molar-refractivity contribution in [2.45, 2.75) is 229 Å². The molecule has 0 heterocycles. The second-order valence-corrected chi connectivity index (χ2v) is 19.5. The van der Waals surface area contributed by atoms with Crippen LogP contribution in [0, 0.1) is 47.3 Å². The molecule has 0 aliphatic rings. The summed E-state index contributed by atoms with van der Waals surface area (Å²) in [5.41, 5.74) is 0. The zero-order chi connectivity index (χ0) is 39.1. The van der Waals surface area contributed by atoms with Gasteiger partial charge in [0.1, 0.15) is 6.10 Å². The van der Waals surface area contributed by atoms with Crippen molar-refractivity contribution in [3.05, 3.63) is 12.2 Å². The van der Waals surface area contributed by atoms with Crippen molar-refractivity contribution in [2.75, 3.05) is 20.6 Å². The Hall–Kier alpha value is -0.830. The average molecular weight is 732 g/mol. The lowest BCUT2D eigenvalue weighted by Crippen LogP contribution is -2.20. The van der Waals surface area contributed by atoms with Gasteiger partial charge in [0, 0.05) is 6.42 Å². The summed E-state index contributed by atoms with van der Waals surface area (Å²) in [6.45, 7) is 25.0. The number of carbonyl (C=O) groups excluding carboxylic acids is 1. The van der Waals surface area contributed by atoms with Gasteiger partial charge in [0.15, 0.2) is 0 Å². The maximum atomic E-state index is 12.9. The van der Waals surface area contributed by atoms with Gasteiger partial charge in [-0.3, -0.25) is 4.79 Å². The van der Waals surface area contributed by atoms with Gasteiger partial charge >= 0.3 is 5.97 Å². The number of allylic oxidation sites excluding steroid dienone is 2. The molecule has 3 heteroatoms. The molecule has 0 bridgehead atoms. The van der Waals surface area contributed by atoms with Crippen molar-refractivity contribution in [1.29, 1.82) is 0 Å². The van der Waals surface area contributed by atoms with E-state index in [4.69, 9.17) is 4.74 Å². The summed E-state index contributed by atoms with van der Waals surface area (Å²) in [4.78, 5) is 15.1. The van der Waals surface area contributed by atoms with Gasteiger partial charge in [-0.15, -0.1) is 0 Å². The highest BCUT2D eigenvalue weighted by atomic mass is 16.5. The van der Waals surface area contributed by atoms with Crippen LogP contribution in [0.25, 0.3) is 0 Å². The quantitative estimate of drug-likeness (QED) is 0.0365. The summed E-state index contributed by atoms with van der Waals surface area (Å²) >= 11 is 0. The van der Waals surface area contributed by atoms with Gasteiger partial charge in [0.05, 0.1) is 0 Å². The molecular weight excluding hydrogens is 635 g/mol. The molecule has 310 valence electrons. The van der Waals surface area contributed by atoms with Crippen LogP contribution in [0.2, 0.25) is 0 Å². The molecule has 0 saturated carbocycles. The monoisotopic (exact) mass is 732 g/mol. The lowest BCUT2D eigenvalue weighted by atomic mass is 9.90. The van der Waals surface area contributed by atoms with Crippen molar-refractivity contribution in [3.63, 3.8) is 0 Å². The fraction of sp³-hybridized carbons (Fsp3) is 0.939. The van der Waals surface area contributed by atoms with E-state index in [0.717, 1.165) is 80.6 Å². The van der Waals surface area contributed by atoms with E-state index in [-0.39, 0.29) is 12.1 Å². The fourth-order valence-corrected chi connectivity index (χ4v) is 7.83. The number of unbranched alkanes of at least 4 members (excludes halogenated alkanes) is 2. The van der Waals surface area contributed by atoms with Crippen molar-refractivity contribution in [2.24, 2.45) is 47.3 Å². The zero-order valence-electron chi connectivity index (χ0n) is 37.8. The zero-order valence-corrected chi connectivity index (χ0v) is 37.8. The molecular formula is C49H97NO2. The Morgan fingerprint density at radius 3 is 1.37 bits per heavy atom. The van der Waals surface area contributed by atoms with Gasteiger partial charge in [-0.2, -0.15) is 0 Å². The molecule has 0 aromatic rings. The Labute approximate surface area is 329 Å². The van der Waals surface area contributed by atoms with E-state index in [9.17, 15) is 4.79 Å². The maximum absolute atomic E-state index is 12.9. The molecule has 0 spiro atoms. The fourth-order valence-electron chi connectivity index (χ4n) is 7.83. The standard InChI is InChI=1S/C49H97NO2/c1-40(2)22-16-24-42(5)26-18-28-44(7)30-20-32-46(9)35-37-48(52-49(51)34-14-13-15-39-50(11)12)38-36-47(10)33-21-31-45(8)29-19-27-43(6)25-17-23-41(3)4/h20,32,40-48H,13-19,21-31,33-39H2,1-12H3. The topological polar surface area (TPSA) is 29.5 Å². The van der Waals surface area contributed by atoms with Crippen molar-refractivity contribution >= 4 is 5.97 Å². The van der Waals surface area contributed by atoms with Crippen LogP contribution in [0.5, 0.6) is 0 Å². The second kappa shape index (κ2) is 33.5. The lowest BCUT2D eigenvalue weighted by Gasteiger charge is -2.22. The normalized spacial score (nSPS) is 16.4. The largest absolute Gasteiger partial charge is 0.462 e. The van der Waals surface area contributed by atoms with Gasteiger partial charge in [-0.25, -0.2) is 0 Å². The molecule has 0 saturated heterocycles. The minimum Gasteiger partial charge on any atom is -0.462 e. The average Bonchev–Trinajstić information content (AvgIpc) is 3.05. The summed E-state index contributed by atoms with van der Waals surface area (Å²) in [6, 6.07) is 0. The van der Waals surface area contributed by atoms with Crippen LogP contribution in [-0.4, -0.2) is 37.6 Å². The van der Waals surface area contributed by atoms with Crippen LogP contribution in [0.3, 0.4) is 0 Å². The van der Waals surface area contributed by atoms with Gasteiger partial charge in [0.25, 0.3) is 0 Å². The number of carbonyl (C=O) groups is 1. The molecule has 0 amide bonds. The summed E-state index contributed by atoms with van der Waals surface area (Å²) in [7, 11) is 4.24. The molecule has 0 fully saturated rings. The number of nitrogens with zero attached hydrogens (tertiary/aromatic N) is 1. The van der Waals surface area contributed by atoms with Crippen LogP contribution in [0.4, 0.5) is 0 Å². The number of hydrogen-bond acceptors (Lipinski definition) is 3. The maximum Gasteiger partial charge on any atom is 0.306 e. The van der Waals surface area contributed by atoms with E-state index in [1.165, 1.54) is 109 Å². The third-order valence-electron chi connectivity index (χ3n) is 11.9. The first-order valence-electron chi connectivity index (χ1n) is 23.2. The van der Waals surface area contributed by atoms with Gasteiger partial charge < -0.3 is 9.64 Å². The summed E-state index contributed by atoms with van der Waals surface area (Å²) in [5.74, 6) is 6.29. The first-order chi connectivity index (χ1) is 24.7. The van der Waals surface area contributed by atoms with E-state index < -0.39 is 0 Å². The molecule has 7 atom stereocenters. The SMILES string of the molecule is CC(C)CCCC(C)CCCC(C)CC=CC(C)CCC(CCC(C)CCCC(C)CCCC(C)CCCC(C)C)OC(=O)CCCCCN(C)C. The van der Waals surface area contributed by atoms with Crippen molar-refractivity contribution < 1.29 is 9.53 Å². The Bertz CT molecular complexity index is 818. The molecule has 0 aliphatic heterocycles. The predicted molar refractivity (Wildman–Crippen MR) is 233 cm³/mol. The Morgan fingerprint density at radius 1 is 0.481 bits per heavy atom. The van der Waals surface area contributed by atoms with E-state index in [1.807, 2.05) is 0 Å². The van der Waals surface area contributed by atoms with Crippen molar-refractivity contribution in [1.82, 2.24) is 4.90 Å². The minimum atomic E-state index is 0.0248. The lowest BCUT2D eigenvalue weighted by molar-refractivity contribution is -0.150. The number of hydrogen-bond donors (Lipinski definition) is 0. The second-order valence-electron chi connectivity index (χ2n) is 19.5. The number of rotatable bonds is 36. The van der Waals surface area contributed by atoms with E-state index >= 15 is 0 Å². The predicted octanol–water partition coefficient (Wildman–Crippen LogP) is 15.5. The van der Waals surface area contributed by atoms with Crippen molar-refractivity contribution in [3.8, 4) is 0 Å². The molecule has 0 aromatic heterocycles. The number of ether oxygens (including phenoxy) is 1. The van der Waals surface area contributed by atoms with E-state index in [1.54, 1.807) is 0 Å². The van der Waals surface area contributed by atoms with Crippen LogP contribution in [0.1, 0.15) is 223 Å². The van der Waals surface area contributed by atoms with Crippen LogP contribution in [-0.2, 0) is 9.53 Å². The van der Waals surface area contributed by atoms with Crippen LogP contribution >= 0.6 is 0 Å². The molecule has 0 N–H and O–H groups in total. The summed E-state index contributed by atoms with van der Waals surface area (Å²) in [5, 5.41) is 0. The van der Waals surface area contributed by atoms with E-state index in [0.29, 0.717) is 18.3 Å². The highest BCUT2D eigenvalue weighted by Crippen LogP contribution is 2.26. The van der Waals surface area contributed by atoms with Gasteiger partial charge in [-0.05, 0) is 113 Å². The molecule has 52 heavy (non-hydrogen) atoms. The summed E-state index contributed by atoms with van der Waals surface area (Å²) < 4.78 is 6.19. The Balaban J connectivity index is 4.62. The molecule has 0 radical (unpaired) electrons. The number of esters is 1. The third kappa shape index (κ3) is 34.9. The van der Waals surface area contributed by atoms with Gasteiger partial charge in [0.2, 0.25) is 0 Å². The third-order valence-corrected chi connectivity index (χ3v) is 11.9. The Morgan fingerprint density at radius 2 is 0.904 bits per heavy atom. The highest BCUT2D eigenvalue weighted by Gasteiger charge is 2.18. The minimum absolute atomic E-state index is 0.0248. The smallest absolute Gasteiger partial charge is 0.306 e. The summed E-state index contributed by atoms with van der Waals surface area (Å²) in [6.07, 6.45) is 34.8. The molecule has 0 aromatic carbocycles. The molecule has 7 unspecified atom stereocenters. The first-order valence-corrected chi connectivity index (χ1v) is 23.2. The molecule has 3 nitrogen and oxygen atoms in total.